The molecule has 0 unspecified atom stereocenters. The van der Waals surface area contributed by atoms with Gasteiger partial charge >= 0.3 is 0 Å². The van der Waals surface area contributed by atoms with Crippen molar-refractivity contribution in [2.75, 3.05) is 0 Å². The molecule has 3 heteroatoms. The number of rotatable bonds is 1. The standard InChI is InChI=1S/C11H9FN2/c1-7-8(5-6-13)11-9(12)3-2-4-10(11)14-7/h2-4,14H,5H2,1H3. The Morgan fingerprint density at radius 1 is 1.50 bits per heavy atom. The van der Waals surface area contributed by atoms with Crippen molar-refractivity contribution in [1.82, 2.24) is 4.98 Å². The van der Waals surface area contributed by atoms with Gasteiger partial charge in [-0.3, -0.25) is 0 Å². The maximum absolute atomic E-state index is 13.5. The number of H-pyrrole nitrogens is 1. The van der Waals surface area contributed by atoms with Crippen LogP contribution in [0.25, 0.3) is 10.9 Å². The molecule has 0 saturated carbocycles. The van der Waals surface area contributed by atoms with Gasteiger partial charge < -0.3 is 4.98 Å². The first kappa shape index (κ1) is 8.76. The summed E-state index contributed by atoms with van der Waals surface area (Å²) in [4.78, 5) is 3.06. The third kappa shape index (κ3) is 1.16. The molecule has 0 aliphatic rings. The van der Waals surface area contributed by atoms with E-state index in [-0.39, 0.29) is 12.2 Å². The molecule has 1 N–H and O–H groups in total. The summed E-state index contributed by atoms with van der Waals surface area (Å²) in [6.07, 6.45) is 0.243. The first-order valence-electron chi connectivity index (χ1n) is 4.36. The first-order chi connectivity index (χ1) is 6.74. The third-order valence-electron chi connectivity index (χ3n) is 2.35. The number of nitriles is 1. The van der Waals surface area contributed by atoms with Gasteiger partial charge in [0.05, 0.1) is 12.5 Å². The van der Waals surface area contributed by atoms with Gasteiger partial charge in [-0.1, -0.05) is 6.07 Å². The Kier molecular flexibility index (Phi) is 1.97. The first-order valence-corrected chi connectivity index (χ1v) is 4.36. The van der Waals surface area contributed by atoms with Gasteiger partial charge in [0.25, 0.3) is 0 Å². The topological polar surface area (TPSA) is 39.6 Å². The van der Waals surface area contributed by atoms with Crippen LogP contribution in [-0.2, 0) is 6.42 Å². The number of hydrogen-bond acceptors (Lipinski definition) is 1. The zero-order chi connectivity index (χ0) is 10.1. The highest BCUT2D eigenvalue weighted by Crippen LogP contribution is 2.24. The van der Waals surface area contributed by atoms with Crippen LogP contribution in [0.1, 0.15) is 11.3 Å². The molecule has 0 saturated heterocycles. The number of fused-ring (bicyclic) bond motifs is 1. The van der Waals surface area contributed by atoms with E-state index in [1.54, 1.807) is 6.07 Å². The molecule has 0 bridgehead atoms. The quantitative estimate of drug-likeness (QED) is 0.734. The predicted octanol–water partition coefficient (Wildman–Crippen LogP) is 2.68. The summed E-state index contributed by atoms with van der Waals surface area (Å²) >= 11 is 0. The van der Waals surface area contributed by atoms with Crippen molar-refractivity contribution in [3.8, 4) is 6.07 Å². The normalized spacial score (nSPS) is 10.4. The van der Waals surface area contributed by atoms with Gasteiger partial charge in [-0.25, -0.2) is 4.39 Å². The minimum absolute atomic E-state index is 0.243. The molecule has 2 rings (SSSR count). The van der Waals surface area contributed by atoms with E-state index >= 15 is 0 Å². The van der Waals surface area contributed by atoms with E-state index in [1.807, 2.05) is 19.1 Å². The van der Waals surface area contributed by atoms with Crippen molar-refractivity contribution < 1.29 is 4.39 Å². The van der Waals surface area contributed by atoms with Gasteiger partial charge in [-0.2, -0.15) is 5.26 Å². The zero-order valence-corrected chi connectivity index (χ0v) is 7.76. The Labute approximate surface area is 81.0 Å². The maximum atomic E-state index is 13.5. The summed E-state index contributed by atoms with van der Waals surface area (Å²) in [6.45, 7) is 1.85. The van der Waals surface area contributed by atoms with Crippen LogP contribution >= 0.6 is 0 Å². The molecule has 1 heterocycles. The van der Waals surface area contributed by atoms with Crippen molar-refractivity contribution in [3.05, 3.63) is 35.3 Å². The number of hydrogen-bond donors (Lipinski definition) is 1. The highest BCUT2D eigenvalue weighted by atomic mass is 19.1. The van der Waals surface area contributed by atoms with E-state index in [0.29, 0.717) is 5.39 Å². The molecule has 0 radical (unpaired) electrons. The second-order valence-corrected chi connectivity index (χ2v) is 3.23. The van der Waals surface area contributed by atoms with Crippen LogP contribution in [0, 0.1) is 24.1 Å². The van der Waals surface area contributed by atoms with Crippen LogP contribution in [0.4, 0.5) is 4.39 Å². The average Bonchev–Trinajstić information content (AvgIpc) is 2.45. The molecule has 1 aromatic carbocycles. The molecule has 0 aliphatic carbocycles. The molecule has 0 fully saturated rings. The summed E-state index contributed by atoms with van der Waals surface area (Å²) in [5, 5.41) is 9.17. The predicted molar refractivity (Wildman–Crippen MR) is 52.3 cm³/mol. The maximum Gasteiger partial charge on any atom is 0.132 e. The molecular weight excluding hydrogens is 179 g/mol. The Hall–Kier alpha value is -1.82. The zero-order valence-electron chi connectivity index (χ0n) is 7.76. The van der Waals surface area contributed by atoms with Crippen LogP contribution in [-0.4, -0.2) is 4.98 Å². The average molecular weight is 188 g/mol. The summed E-state index contributed by atoms with van der Waals surface area (Å²) in [5.41, 5.74) is 2.39. The summed E-state index contributed by atoms with van der Waals surface area (Å²) in [7, 11) is 0. The van der Waals surface area contributed by atoms with Crippen LogP contribution in [0.2, 0.25) is 0 Å². The largest absolute Gasteiger partial charge is 0.358 e. The lowest BCUT2D eigenvalue weighted by molar-refractivity contribution is 0.639. The fourth-order valence-corrected chi connectivity index (χ4v) is 1.70. The van der Waals surface area contributed by atoms with Crippen LogP contribution in [0.3, 0.4) is 0 Å². The number of aryl methyl sites for hydroxylation is 1. The van der Waals surface area contributed by atoms with E-state index < -0.39 is 0 Å². The molecule has 0 aliphatic heterocycles. The fraction of sp³-hybridized carbons (Fsp3) is 0.182. The molecule has 0 spiro atoms. The van der Waals surface area contributed by atoms with Crippen molar-refractivity contribution in [1.29, 1.82) is 5.26 Å². The lowest BCUT2D eigenvalue weighted by atomic mass is 10.1. The van der Waals surface area contributed by atoms with E-state index in [9.17, 15) is 4.39 Å². The third-order valence-corrected chi connectivity index (χ3v) is 2.35. The number of aromatic nitrogens is 1. The summed E-state index contributed by atoms with van der Waals surface area (Å²) < 4.78 is 13.5. The second kappa shape index (κ2) is 3.15. The van der Waals surface area contributed by atoms with E-state index in [2.05, 4.69) is 4.98 Å². The molecule has 0 atom stereocenters. The molecule has 2 aromatic rings. The summed E-state index contributed by atoms with van der Waals surface area (Å²) in [5.74, 6) is -0.267. The van der Waals surface area contributed by atoms with E-state index in [4.69, 9.17) is 5.26 Å². The highest BCUT2D eigenvalue weighted by molar-refractivity contribution is 5.85. The Balaban J connectivity index is 2.81. The lowest BCUT2D eigenvalue weighted by Crippen LogP contribution is -1.84. The van der Waals surface area contributed by atoms with Crippen molar-refractivity contribution in [2.24, 2.45) is 0 Å². The lowest BCUT2D eigenvalue weighted by Gasteiger charge is -1.95. The minimum Gasteiger partial charge on any atom is -0.358 e. The van der Waals surface area contributed by atoms with Gasteiger partial charge in [-0.15, -0.1) is 0 Å². The van der Waals surface area contributed by atoms with Crippen LogP contribution in [0.15, 0.2) is 18.2 Å². The van der Waals surface area contributed by atoms with Gasteiger partial charge in [-0.05, 0) is 24.6 Å². The van der Waals surface area contributed by atoms with Crippen LogP contribution in [0.5, 0.6) is 0 Å². The van der Waals surface area contributed by atoms with Gasteiger partial charge in [0.1, 0.15) is 5.82 Å². The molecule has 1 aromatic heterocycles. The number of nitrogens with zero attached hydrogens (tertiary/aromatic N) is 1. The van der Waals surface area contributed by atoms with Gasteiger partial charge in [0.15, 0.2) is 0 Å². The smallest absolute Gasteiger partial charge is 0.132 e. The Bertz CT molecular complexity index is 520. The van der Waals surface area contributed by atoms with Crippen molar-refractivity contribution in [2.45, 2.75) is 13.3 Å². The van der Waals surface area contributed by atoms with Gasteiger partial charge in [0, 0.05) is 16.6 Å². The molecule has 14 heavy (non-hydrogen) atoms. The molecule has 0 amide bonds. The fourth-order valence-electron chi connectivity index (χ4n) is 1.70. The minimum atomic E-state index is -0.267. The summed E-state index contributed by atoms with van der Waals surface area (Å²) in [6, 6.07) is 6.93. The van der Waals surface area contributed by atoms with E-state index in [0.717, 1.165) is 16.8 Å². The second-order valence-electron chi connectivity index (χ2n) is 3.23. The SMILES string of the molecule is Cc1[nH]c2cccc(F)c2c1CC#N. The van der Waals surface area contributed by atoms with Crippen LogP contribution < -0.4 is 0 Å². The molecular formula is C11H9FN2. The molecule has 2 nitrogen and oxygen atoms in total. The monoisotopic (exact) mass is 188 g/mol. The molecule has 70 valence electrons. The Morgan fingerprint density at radius 2 is 2.29 bits per heavy atom. The number of halogens is 1. The van der Waals surface area contributed by atoms with Crippen molar-refractivity contribution >= 4 is 10.9 Å². The highest BCUT2D eigenvalue weighted by Gasteiger charge is 2.11. The Morgan fingerprint density at radius 3 is 3.00 bits per heavy atom. The van der Waals surface area contributed by atoms with Gasteiger partial charge in [0.2, 0.25) is 0 Å². The van der Waals surface area contributed by atoms with Crippen molar-refractivity contribution in [3.63, 3.8) is 0 Å². The number of benzene rings is 1. The van der Waals surface area contributed by atoms with E-state index in [1.165, 1.54) is 6.07 Å². The number of nitrogens with one attached hydrogen (secondary N) is 1. The number of aromatic amines is 1.